The van der Waals surface area contributed by atoms with E-state index in [1.165, 1.54) is 25.2 Å². The molecule has 1 aromatic rings. The third-order valence-corrected chi connectivity index (χ3v) is 5.84. The number of rotatable bonds is 5. The van der Waals surface area contributed by atoms with Crippen LogP contribution in [0.3, 0.4) is 0 Å². The van der Waals surface area contributed by atoms with Crippen LogP contribution in [0.1, 0.15) is 10.4 Å². The Morgan fingerprint density at radius 2 is 1.94 bits per heavy atom. The second-order valence-electron chi connectivity index (χ2n) is 7.65. The molecule has 0 radical (unpaired) electrons. The lowest BCUT2D eigenvalue weighted by Crippen LogP contribution is -2.74. The molecule has 2 fully saturated rings. The number of ether oxygens (including phenoxy) is 2. The van der Waals surface area contributed by atoms with E-state index in [0.717, 1.165) is 9.80 Å². The van der Waals surface area contributed by atoms with Crippen molar-refractivity contribution in [3.8, 4) is 5.75 Å². The first-order valence-electron chi connectivity index (χ1n) is 9.73. The van der Waals surface area contributed by atoms with Crippen LogP contribution < -0.4 is 15.4 Å². The highest BCUT2D eigenvalue weighted by atomic mass is 16.6. The largest absolute Gasteiger partial charge is 0.459 e. The second kappa shape index (κ2) is 7.68. The number of piperazine rings is 1. The van der Waals surface area contributed by atoms with E-state index in [0.29, 0.717) is 0 Å². The number of nitrogens with one attached hydrogen (secondary N) is 2. The molecule has 14 heteroatoms. The summed E-state index contributed by atoms with van der Waals surface area (Å²) < 4.78 is 10.2. The average molecular weight is 464 g/mol. The first kappa shape index (κ1) is 22.4. The van der Waals surface area contributed by atoms with Crippen molar-refractivity contribution >= 4 is 35.3 Å². The Morgan fingerprint density at radius 3 is 2.61 bits per heavy atom. The molecular weight excluding hydrogens is 444 g/mol. The minimum atomic E-state index is -2.52. The van der Waals surface area contributed by atoms with E-state index < -0.39 is 73.5 Å². The molecule has 0 bridgehead atoms. The molecule has 33 heavy (non-hydrogen) atoms. The highest BCUT2D eigenvalue weighted by molar-refractivity contribution is 6.08. The van der Waals surface area contributed by atoms with Crippen LogP contribution in [0, 0.1) is 0 Å². The van der Waals surface area contributed by atoms with Gasteiger partial charge in [0.05, 0.1) is 17.9 Å². The molecule has 176 valence electrons. The van der Waals surface area contributed by atoms with Gasteiger partial charge in [0.15, 0.2) is 0 Å². The zero-order chi connectivity index (χ0) is 24.1. The first-order chi connectivity index (χ1) is 15.6. The minimum absolute atomic E-state index is 0.103. The number of esters is 1. The number of benzene rings is 1. The van der Waals surface area contributed by atoms with Crippen molar-refractivity contribution in [1.82, 2.24) is 15.1 Å². The fourth-order valence-corrected chi connectivity index (χ4v) is 3.89. The number of carbonyl (C=O) groups excluding carboxylic acids is 5. The Labute approximate surface area is 185 Å². The van der Waals surface area contributed by atoms with E-state index in [1.807, 2.05) is 0 Å². The number of fused-ring (bicyclic) bond motifs is 2. The summed E-state index contributed by atoms with van der Waals surface area (Å²) in [4.78, 5) is 64.2. The zero-order valence-corrected chi connectivity index (χ0v) is 17.2. The topological polar surface area (TPSA) is 195 Å². The van der Waals surface area contributed by atoms with Crippen LogP contribution in [0.4, 0.5) is 5.69 Å². The first-order valence-corrected chi connectivity index (χ1v) is 9.73. The summed E-state index contributed by atoms with van der Waals surface area (Å²) in [6.45, 7) is -2.86. The van der Waals surface area contributed by atoms with Crippen LogP contribution in [0.15, 0.2) is 18.2 Å². The third kappa shape index (κ3) is 3.18. The highest BCUT2D eigenvalue weighted by Gasteiger charge is 2.61. The van der Waals surface area contributed by atoms with Gasteiger partial charge in [-0.2, -0.15) is 0 Å². The predicted octanol–water partition coefficient (Wildman–Crippen LogP) is -3.66. The van der Waals surface area contributed by atoms with Crippen LogP contribution >= 0.6 is 0 Å². The predicted molar refractivity (Wildman–Crippen MR) is 104 cm³/mol. The van der Waals surface area contributed by atoms with Gasteiger partial charge < -0.3 is 40.3 Å². The van der Waals surface area contributed by atoms with Crippen molar-refractivity contribution in [1.29, 1.82) is 0 Å². The molecule has 3 aliphatic rings. The van der Waals surface area contributed by atoms with Crippen molar-refractivity contribution < 1.29 is 48.8 Å². The Morgan fingerprint density at radius 1 is 1.21 bits per heavy atom. The quantitative estimate of drug-likeness (QED) is 0.271. The monoisotopic (exact) mass is 464 g/mol. The molecular formula is C19H20N4O10. The molecule has 1 aromatic carbocycles. The van der Waals surface area contributed by atoms with Gasteiger partial charge >= 0.3 is 11.8 Å². The van der Waals surface area contributed by atoms with Crippen molar-refractivity contribution in [2.24, 2.45) is 0 Å². The summed E-state index contributed by atoms with van der Waals surface area (Å²) in [5, 5.41) is 33.6. The second-order valence-corrected chi connectivity index (χ2v) is 7.65. The average Bonchev–Trinajstić information content (AvgIpc) is 3.07. The molecule has 4 rings (SSSR count). The number of likely N-dealkylation sites (N-methyl/N-ethyl adjacent to an activating group) is 1. The summed E-state index contributed by atoms with van der Waals surface area (Å²) in [6, 6.07) is 2.69. The molecule has 0 aliphatic carbocycles. The van der Waals surface area contributed by atoms with Gasteiger partial charge in [0, 0.05) is 7.05 Å². The van der Waals surface area contributed by atoms with E-state index in [4.69, 9.17) is 9.47 Å². The van der Waals surface area contributed by atoms with Gasteiger partial charge in [-0.25, -0.2) is 4.79 Å². The maximum absolute atomic E-state index is 12.8. The van der Waals surface area contributed by atoms with Crippen molar-refractivity contribution in [3.63, 3.8) is 0 Å². The SMILES string of the molecule is CN1C(=O)CN2C(=O)[C@H](COC(=O)c3cccc4c3NC(=O)[C@@](O)(CO)O4)NC(=O)[C@]12CO. The Balaban J connectivity index is 1.51. The van der Waals surface area contributed by atoms with E-state index in [9.17, 15) is 39.3 Å². The van der Waals surface area contributed by atoms with Gasteiger partial charge in [0.1, 0.15) is 31.5 Å². The standard InChI is InChI=1S/C19H20N4O10/c1-22-12(26)5-23-14(27)10(20-16(29)18(22,23)7-24)6-32-15(28)9-3-2-4-11-13(9)21-17(30)19(31,8-25)33-11/h2-4,10,24-25,31H,5-8H2,1H3,(H,20,29)(H,21,30)/t10-,18+,19+/m0/s1. The van der Waals surface area contributed by atoms with Gasteiger partial charge in [0.25, 0.3) is 17.7 Å². The van der Waals surface area contributed by atoms with Crippen LogP contribution in [0.25, 0.3) is 0 Å². The molecule has 3 aliphatic heterocycles. The van der Waals surface area contributed by atoms with E-state index in [1.54, 1.807) is 0 Å². The fraction of sp³-hybridized carbons (Fsp3) is 0.421. The number of aliphatic hydroxyl groups is 3. The van der Waals surface area contributed by atoms with E-state index in [-0.39, 0.29) is 17.0 Å². The fourth-order valence-electron chi connectivity index (χ4n) is 3.89. The highest BCUT2D eigenvalue weighted by Crippen LogP contribution is 2.36. The molecule has 0 unspecified atom stereocenters. The van der Waals surface area contributed by atoms with E-state index >= 15 is 0 Å². The molecule has 3 atom stereocenters. The molecule has 2 saturated heterocycles. The van der Waals surface area contributed by atoms with Gasteiger partial charge in [-0.15, -0.1) is 0 Å². The van der Waals surface area contributed by atoms with Crippen molar-refractivity contribution in [2.75, 3.05) is 38.7 Å². The van der Waals surface area contributed by atoms with Crippen LogP contribution in [0.5, 0.6) is 5.75 Å². The number of anilines is 1. The maximum Gasteiger partial charge on any atom is 0.340 e. The normalized spacial score (nSPS) is 28.5. The zero-order valence-electron chi connectivity index (χ0n) is 17.2. The smallest absolute Gasteiger partial charge is 0.340 e. The minimum Gasteiger partial charge on any atom is -0.459 e. The molecule has 4 amide bonds. The number of hydrogen-bond donors (Lipinski definition) is 5. The Hall–Kier alpha value is -3.75. The lowest BCUT2D eigenvalue weighted by atomic mass is 10.0. The Bertz CT molecular complexity index is 1080. The summed E-state index contributed by atoms with van der Waals surface area (Å²) >= 11 is 0. The van der Waals surface area contributed by atoms with Crippen LogP contribution in [-0.2, 0) is 23.9 Å². The number of carbonyl (C=O) groups is 5. The van der Waals surface area contributed by atoms with E-state index in [2.05, 4.69) is 10.6 Å². The Kier molecular flexibility index (Phi) is 5.23. The van der Waals surface area contributed by atoms with Crippen LogP contribution in [0.2, 0.25) is 0 Å². The summed E-state index contributed by atoms with van der Waals surface area (Å²) in [5.41, 5.74) is -2.15. The lowest BCUT2D eigenvalue weighted by molar-refractivity contribution is -0.183. The van der Waals surface area contributed by atoms with Gasteiger partial charge in [-0.3, -0.25) is 24.1 Å². The summed E-state index contributed by atoms with van der Waals surface area (Å²) in [7, 11) is 1.29. The number of nitrogens with zero attached hydrogens (tertiary/aromatic N) is 2. The van der Waals surface area contributed by atoms with Crippen molar-refractivity contribution in [3.05, 3.63) is 23.8 Å². The summed E-state index contributed by atoms with van der Waals surface area (Å²) in [6.07, 6.45) is 0. The molecule has 14 nitrogen and oxygen atoms in total. The van der Waals surface area contributed by atoms with Gasteiger partial charge in [0.2, 0.25) is 11.6 Å². The molecule has 0 saturated carbocycles. The van der Waals surface area contributed by atoms with Gasteiger partial charge in [-0.1, -0.05) is 6.07 Å². The number of para-hydroxylation sites is 1. The molecule has 5 N–H and O–H groups in total. The van der Waals surface area contributed by atoms with Crippen molar-refractivity contribution in [2.45, 2.75) is 17.5 Å². The molecule has 3 heterocycles. The van der Waals surface area contributed by atoms with Crippen LogP contribution in [-0.4, -0.2) is 106 Å². The number of amides is 4. The number of aliphatic hydroxyl groups excluding tert-OH is 2. The molecule has 0 spiro atoms. The lowest BCUT2D eigenvalue weighted by Gasteiger charge is -2.44. The molecule has 0 aromatic heterocycles. The number of hydrogen-bond acceptors (Lipinski definition) is 10. The summed E-state index contributed by atoms with van der Waals surface area (Å²) in [5.74, 6) is -6.78. The van der Waals surface area contributed by atoms with Gasteiger partial charge in [-0.05, 0) is 12.1 Å². The maximum atomic E-state index is 12.8. The third-order valence-electron chi connectivity index (χ3n) is 5.84.